The van der Waals surface area contributed by atoms with Crippen LogP contribution < -0.4 is 15.8 Å². The summed E-state index contributed by atoms with van der Waals surface area (Å²) in [5, 5.41) is 13.4. The van der Waals surface area contributed by atoms with E-state index in [1.54, 1.807) is 7.11 Å². The fourth-order valence-corrected chi connectivity index (χ4v) is 2.35. The van der Waals surface area contributed by atoms with Crippen molar-refractivity contribution in [1.82, 2.24) is 9.97 Å². The number of aliphatic hydroxyl groups excluding tert-OH is 1. The maximum atomic E-state index is 9.16. The molecule has 0 saturated heterocycles. The fraction of sp³-hybridized carbons (Fsp3) is 0.467. The third kappa shape index (κ3) is 4.38. The molecule has 0 aliphatic rings. The molecule has 0 fully saturated rings. The van der Waals surface area contributed by atoms with Gasteiger partial charge in [0.25, 0.3) is 0 Å². The van der Waals surface area contributed by atoms with E-state index in [0.29, 0.717) is 12.2 Å². The van der Waals surface area contributed by atoms with Gasteiger partial charge in [0.05, 0.1) is 12.6 Å². The van der Waals surface area contributed by atoms with Gasteiger partial charge in [-0.1, -0.05) is 13.3 Å². The molecule has 0 unspecified atom stereocenters. The number of nitrogens with zero attached hydrogens (tertiary/aromatic N) is 2. The van der Waals surface area contributed by atoms with Crippen LogP contribution in [0.5, 0.6) is 5.75 Å². The number of aromatic nitrogens is 2. The summed E-state index contributed by atoms with van der Waals surface area (Å²) in [4.78, 5) is 8.54. The van der Waals surface area contributed by atoms with Gasteiger partial charge >= 0.3 is 0 Å². The summed E-state index contributed by atoms with van der Waals surface area (Å²) in [6.07, 6.45) is 2.67. The molecule has 0 bridgehead atoms. The van der Waals surface area contributed by atoms with Gasteiger partial charge in [-0.05, 0) is 25.0 Å². The Morgan fingerprint density at radius 2 is 2.09 bits per heavy atom. The molecule has 2 rings (SSSR count). The van der Waals surface area contributed by atoms with Crippen LogP contribution in [0.4, 0.5) is 11.8 Å². The molecule has 0 radical (unpaired) electrons. The van der Waals surface area contributed by atoms with Crippen molar-refractivity contribution in [2.24, 2.45) is 0 Å². The molecule has 22 heavy (non-hydrogen) atoms. The van der Waals surface area contributed by atoms with Crippen LogP contribution in [0.2, 0.25) is 0 Å². The summed E-state index contributed by atoms with van der Waals surface area (Å²) < 4.78 is 5.21. The highest BCUT2D eigenvalue weighted by Gasteiger charge is 2.12. The van der Waals surface area contributed by atoms with Crippen LogP contribution in [0, 0.1) is 0 Å². The zero-order valence-corrected chi connectivity index (χ0v) is 14.0. The molecule has 7 heteroatoms. The van der Waals surface area contributed by atoms with Gasteiger partial charge in [0.1, 0.15) is 11.6 Å². The normalized spacial score (nSPS) is 11.8. The van der Waals surface area contributed by atoms with E-state index in [0.717, 1.165) is 29.5 Å². The third-order valence-electron chi connectivity index (χ3n) is 3.38. The van der Waals surface area contributed by atoms with E-state index in [1.165, 1.54) is 0 Å². The van der Waals surface area contributed by atoms with E-state index in [4.69, 9.17) is 15.6 Å². The number of anilines is 2. The first-order valence-electron chi connectivity index (χ1n) is 7.16. The first-order chi connectivity index (χ1) is 10.2. The van der Waals surface area contributed by atoms with Gasteiger partial charge in [-0.25, -0.2) is 4.98 Å². The minimum atomic E-state index is 0. The molecule has 0 saturated carbocycles. The second-order valence-corrected chi connectivity index (χ2v) is 4.96. The summed E-state index contributed by atoms with van der Waals surface area (Å²) in [7, 11) is 1.61. The first-order valence-corrected chi connectivity index (χ1v) is 7.16. The van der Waals surface area contributed by atoms with Gasteiger partial charge in [0.15, 0.2) is 0 Å². The number of hydrogen-bond donors (Lipinski definition) is 3. The maximum absolute atomic E-state index is 9.16. The minimum Gasteiger partial charge on any atom is -0.497 e. The van der Waals surface area contributed by atoms with E-state index in [9.17, 15) is 0 Å². The minimum absolute atomic E-state index is 0. The largest absolute Gasteiger partial charge is 0.497 e. The zero-order chi connectivity index (χ0) is 15.2. The number of nitrogens with two attached hydrogens (primary N) is 1. The smallest absolute Gasteiger partial charge is 0.222 e. The van der Waals surface area contributed by atoms with Crippen LogP contribution in [0.25, 0.3) is 10.9 Å². The Balaban J connectivity index is 0.00000242. The second kappa shape index (κ2) is 8.65. The number of hydrogen-bond acceptors (Lipinski definition) is 6. The van der Waals surface area contributed by atoms with Crippen molar-refractivity contribution >= 4 is 36.2 Å². The fourth-order valence-electron chi connectivity index (χ4n) is 2.35. The third-order valence-corrected chi connectivity index (χ3v) is 3.38. The lowest BCUT2D eigenvalue weighted by molar-refractivity contribution is 0.276. The summed E-state index contributed by atoms with van der Waals surface area (Å²) in [5.74, 6) is 1.65. The van der Waals surface area contributed by atoms with Gasteiger partial charge in [-0.2, -0.15) is 18.5 Å². The Kier molecular flexibility index (Phi) is 7.20. The van der Waals surface area contributed by atoms with Crippen LogP contribution in [0.15, 0.2) is 18.2 Å². The van der Waals surface area contributed by atoms with Gasteiger partial charge in [-0.15, -0.1) is 0 Å². The lowest BCUT2D eigenvalue weighted by Gasteiger charge is -2.19. The molecular weight excluding hydrogens is 300 g/mol. The highest BCUT2D eigenvalue weighted by atomic mass is 32.1. The molecule has 2 aromatic rings. The Hall–Kier alpha value is -1.73. The molecule has 1 atom stereocenters. The average Bonchev–Trinajstić information content (AvgIpc) is 2.46. The number of nitrogens with one attached hydrogen (secondary N) is 1. The number of methoxy groups -OCH3 is 1. The molecule has 1 aromatic heterocycles. The van der Waals surface area contributed by atoms with Gasteiger partial charge in [0, 0.05) is 24.1 Å². The van der Waals surface area contributed by atoms with Crippen molar-refractivity contribution in [2.45, 2.75) is 32.2 Å². The zero-order valence-electron chi connectivity index (χ0n) is 13.0. The molecule has 0 amide bonds. The molecule has 0 spiro atoms. The molecule has 122 valence electrons. The standard InChI is InChI=1S/C15H22N4O2.H2S/c1-3-4-10(7-8-20)17-14-12-6-5-11(21-2)9-13(12)18-15(16)19-14;/h5-6,9-10,20H,3-4,7-8H2,1-2H3,(H3,16,17,18,19);1H2/t10-;/m0./s1. The number of fused-ring (bicyclic) bond motifs is 1. The topological polar surface area (TPSA) is 93.3 Å². The van der Waals surface area contributed by atoms with Crippen molar-refractivity contribution in [2.75, 3.05) is 24.8 Å². The lowest BCUT2D eigenvalue weighted by atomic mass is 10.1. The highest BCUT2D eigenvalue weighted by Crippen LogP contribution is 2.26. The summed E-state index contributed by atoms with van der Waals surface area (Å²) in [5.41, 5.74) is 6.53. The first kappa shape index (κ1) is 18.3. The predicted octanol–water partition coefficient (Wildman–Crippen LogP) is 2.30. The number of benzene rings is 1. The lowest BCUT2D eigenvalue weighted by Crippen LogP contribution is -2.22. The predicted molar refractivity (Wildman–Crippen MR) is 94.9 cm³/mol. The van der Waals surface area contributed by atoms with Crippen molar-refractivity contribution in [3.63, 3.8) is 0 Å². The SMILES string of the molecule is CCC[C@@H](CCO)Nc1nc(N)nc2cc(OC)ccc12.S. The number of nitrogen functional groups attached to an aromatic ring is 1. The molecule has 0 aliphatic heterocycles. The monoisotopic (exact) mass is 324 g/mol. The molecule has 1 heterocycles. The van der Waals surface area contributed by atoms with E-state index in [2.05, 4.69) is 22.2 Å². The summed E-state index contributed by atoms with van der Waals surface area (Å²) in [6, 6.07) is 5.78. The number of ether oxygens (including phenoxy) is 1. The second-order valence-electron chi connectivity index (χ2n) is 4.96. The van der Waals surface area contributed by atoms with Gasteiger partial charge in [-0.3, -0.25) is 0 Å². The molecule has 6 nitrogen and oxygen atoms in total. The van der Waals surface area contributed by atoms with E-state index >= 15 is 0 Å². The molecule has 0 aliphatic carbocycles. The Morgan fingerprint density at radius 1 is 1.32 bits per heavy atom. The quantitative estimate of drug-likeness (QED) is 0.723. The summed E-state index contributed by atoms with van der Waals surface area (Å²) in [6.45, 7) is 2.26. The van der Waals surface area contributed by atoms with Crippen molar-refractivity contribution < 1.29 is 9.84 Å². The van der Waals surface area contributed by atoms with Crippen molar-refractivity contribution in [3.05, 3.63) is 18.2 Å². The molecular formula is C15H24N4O2S. The number of rotatable bonds is 7. The van der Waals surface area contributed by atoms with Crippen molar-refractivity contribution in [3.8, 4) is 5.75 Å². The van der Waals surface area contributed by atoms with Crippen LogP contribution >= 0.6 is 13.5 Å². The number of aliphatic hydroxyl groups is 1. The average molecular weight is 324 g/mol. The maximum Gasteiger partial charge on any atom is 0.222 e. The molecule has 4 N–H and O–H groups in total. The Labute approximate surface area is 137 Å². The summed E-state index contributed by atoms with van der Waals surface area (Å²) >= 11 is 0. The van der Waals surface area contributed by atoms with Gasteiger partial charge in [0.2, 0.25) is 5.95 Å². The van der Waals surface area contributed by atoms with E-state index < -0.39 is 0 Å². The van der Waals surface area contributed by atoms with Crippen LogP contribution in [-0.4, -0.2) is 34.8 Å². The van der Waals surface area contributed by atoms with E-state index in [-0.39, 0.29) is 32.1 Å². The highest BCUT2D eigenvalue weighted by molar-refractivity contribution is 7.59. The van der Waals surface area contributed by atoms with E-state index in [1.807, 2.05) is 18.2 Å². The molecule has 1 aromatic carbocycles. The van der Waals surface area contributed by atoms with Crippen LogP contribution in [0.3, 0.4) is 0 Å². The van der Waals surface area contributed by atoms with Crippen LogP contribution in [-0.2, 0) is 0 Å². The van der Waals surface area contributed by atoms with Crippen molar-refractivity contribution in [1.29, 1.82) is 0 Å². The Bertz CT molecular complexity index is 603. The van der Waals surface area contributed by atoms with Gasteiger partial charge < -0.3 is 20.9 Å². The Morgan fingerprint density at radius 3 is 2.73 bits per heavy atom. The van der Waals surface area contributed by atoms with Crippen LogP contribution in [0.1, 0.15) is 26.2 Å².